The molecule has 0 aliphatic carbocycles. The summed E-state index contributed by atoms with van der Waals surface area (Å²) in [6, 6.07) is 21.8. The molecule has 5 nitrogen and oxygen atoms in total. The van der Waals surface area contributed by atoms with Crippen molar-refractivity contribution in [2.75, 3.05) is 51.3 Å². The number of aromatic nitrogens is 1. The molecule has 2 fully saturated rings. The zero-order chi connectivity index (χ0) is 21.0. The molecule has 2 aliphatic heterocycles. The molecule has 0 saturated carbocycles. The number of benzene rings is 2. The van der Waals surface area contributed by atoms with Crippen LogP contribution in [0.4, 0.5) is 5.69 Å². The summed E-state index contributed by atoms with van der Waals surface area (Å²) in [6.07, 6.45) is 2.57. The van der Waals surface area contributed by atoms with Crippen LogP contribution in [0.3, 0.4) is 0 Å². The molecule has 0 unspecified atom stereocenters. The largest absolute Gasteiger partial charge is 0.495 e. The van der Waals surface area contributed by atoms with Gasteiger partial charge in [0.05, 0.1) is 24.0 Å². The standard InChI is InChI=1S/C26H32N4O/c1-31-26-11-5-4-10-25(26)30-17-15-29(16-18-30)23-8-6-14-28(20-23)19-22-13-12-21-7-2-3-9-24(21)27-22/h2-5,7,9-13,23H,6,8,14-20H2,1H3/t23-/m1/s1. The zero-order valence-corrected chi connectivity index (χ0v) is 18.4. The van der Waals surface area contributed by atoms with Gasteiger partial charge in [-0.05, 0) is 43.7 Å². The average Bonchev–Trinajstić information content (AvgIpc) is 2.84. The molecule has 0 spiro atoms. The van der Waals surface area contributed by atoms with Crippen LogP contribution in [0.1, 0.15) is 18.5 Å². The Labute approximate surface area is 185 Å². The second-order valence-corrected chi connectivity index (χ2v) is 8.72. The number of nitrogens with zero attached hydrogens (tertiary/aromatic N) is 4. The van der Waals surface area contributed by atoms with E-state index in [0.29, 0.717) is 6.04 Å². The quantitative estimate of drug-likeness (QED) is 0.627. The van der Waals surface area contributed by atoms with Gasteiger partial charge in [0.1, 0.15) is 5.75 Å². The fraction of sp³-hybridized carbons (Fsp3) is 0.423. The number of fused-ring (bicyclic) bond motifs is 1. The maximum atomic E-state index is 5.57. The Morgan fingerprint density at radius 3 is 2.58 bits per heavy atom. The molecule has 5 heteroatoms. The van der Waals surface area contributed by atoms with E-state index in [0.717, 1.165) is 50.5 Å². The Bertz CT molecular complexity index is 1010. The number of piperazine rings is 1. The summed E-state index contributed by atoms with van der Waals surface area (Å²) in [5, 5.41) is 1.22. The minimum atomic E-state index is 0.647. The Hall–Kier alpha value is -2.63. The second-order valence-electron chi connectivity index (χ2n) is 8.72. The number of pyridine rings is 1. The number of para-hydroxylation sites is 3. The lowest BCUT2D eigenvalue weighted by atomic mass is 10.0. The number of methoxy groups -OCH3 is 1. The molecule has 162 valence electrons. The molecule has 3 heterocycles. The van der Waals surface area contributed by atoms with Crippen molar-refractivity contribution in [3.05, 3.63) is 66.4 Å². The van der Waals surface area contributed by atoms with Crippen LogP contribution in [0.25, 0.3) is 10.9 Å². The van der Waals surface area contributed by atoms with E-state index in [1.165, 1.54) is 36.2 Å². The van der Waals surface area contributed by atoms with Crippen LogP contribution in [0.5, 0.6) is 5.75 Å². The van der Waals surface area contributed by atoms with Crippen molar-refractivity contribution in [1.29, 1.82) is 0 Å². The highest BCUT2D eigenvalue weighted by molar-refractivity contribution is 5.78. The Balaban J connectivity index is 1.19. The van der Waals surface area contributed by atoms with Gasteiger partial charge < -0.3 is 9.64 Å². The number of piperidine rings is 1. The smallest absolute Gasteiger partial charge is 0.142 e. The third-order valence-corrected chi connectivity index (χ3v) is 6.78. The first kappa shape index (κ1) is 20.3. The molecule has 5 rings (SSSR count). The van der Waals surface area contributed by atoms with Gasteiger partial charge in [-0.25, -0.2) is 0 Å². The van der Waals surface area contributed by atoms with E-state index in [1.54, 1.807) is 7.11 Å². The second kappa shape index (κ2) is 9.25. The van der Waals surface area contributed by atoms with Gasteiger partial charge in [-0.15, -0.1) is 0 Å². The van der Waals surface area contributed by atoms with Crippen LogP contribution in [-0.4, -0.2) is 67.2 Å². The molecule has 1 aromatic heterocycles. The van der Waals surface area contributed by atoms with Gasteiger partial charge in [0.15, 0.2) is 0 Å². The lowest BCUT2D eigenvalue weighted by molar-refractivity contribution is 0.0881. The van der Waals surface area contributed by atoms with Crippen molar-refractivity contribution in [2.24, 2.45) is 0 Å². The fourth-order valence-corrected chi connectivity index (χ4v) is 5.12. The summed E-state index contributed by atoms with van der Waals surface area (Å²) >= 11 is 0. The number of hydrogen-bond donors (Lipinski definition) is 0. The average molecular weight is 417 g/mol. The topological polar surface area (TPSA) is 31.8 Å². The third kappa shape index (κ3) is 4.53. The molecule has 0 amide bonds. The normalized spacial score (nSPS) is 20.8. The van der Waals surface area contributed by atoms with Crippen LogP contribution in [-0.2, 0) is 6.54 Å². The van der Waals surface area contributed by atoms with Crippen LogP contribution >= 0.6 is 0 Å². The molecular formula is C26H32N4O. The summed E-state index contributed by atoms with van der Waals surface area (Å²) in [5.74, 6) is 0.975. The molecule has 2 aliphatic rings. The monoisotopic (exact) mass is 416 g/mol. The predicted octanol–water partition coefficient (Wildman–Crippen LogP) is 4.03. The van der Waals surface area contributed by atoms with E-state index in [9.17, 15) is 0 Å². The van der Waals surface area contributed by atoms with Crippen molar-refractivity contribution in [3.63, 3.8) is 0 Å². The third-order valence-electron chi connectivity index (χ3n) is 6.78. The summed E-state index contributed by atoms with van der Waals surface area (Å²) in [6.45, 7) is 7.61. The van der Waals surface area contributed by atoms with Gasteiger partial charge in [0, 0.05) is 50.7 Å². The maximum Gasteiger partial charge on any atom is 0.142 e. The van der Waals surface area contributed by atoms with Gasteiger partial charge in [-0.2, -0.15) is 0 Å². The number of likely N-dealkylation sites (tertiary alicyclic amines) is 1. The number of anilines is 1. The SMILES string of the molecule is COc1ccccc1N1CCN([C@@H]2CCCN(Cc3ccc4ccccc4n3)C2)CC1. The molecule has 0 bridgehead atoms. The highest BCUT2D eigenvalue weighted by atomic mass is 16.5. The predicted molar refractivity (Wildman–Crippen MR) is 127 cm³/mol. The van der Waals surface area contributed by atoms with Crippen LogP contribution in [0, 0.1) is 0 Å². The van der Waals surface area contributed by atoms with E-state index in [1.807, 2.05) is 6.07 Å². The first-order valence-electron chi connectivity index (χ1n) is 11.5. The van der Waals surface area contributed by atoms with Crippen molar-refractivity contribution in [1.82, 2.24) is 14.8 Å². The lowest BCUT2D eigenvalue weighted by Gasteiger charge is -2.44. The highest BCUT2D eigenvalue weighted by Gasteiger charge is 2.29. The van der Waals surface area contributed by atoms with Crippen molar-refractivity contribution in [3.8, 4) is 5.75 Å². The van der Waals surface area contributed by atoms with Crippen molar-refractivity contribution >= 4 is 16.6 Å². The van der Waals surface area contributed by atoms with Gasteiger partial charge in [-0.3, -0.25) is 14.8 Å². The Morgan fingerprint density at radius 2 is 1.71 bits per heavy atom. The molecule has 3 aromatic rings. The summed E-state index contributed by atoms with van der Waals surface area (Å²) in [4.78, 5) is 12.7. The number of rotatable bonds is 5. The van der Waals surface area contributed by atoms with Gasteiger partial charge >= 0.3 is 0 Å². The zero-order valence-electron chi connectivity index (χ0n) is 18.4. The Morgan fingerprint density at radius 1 is 0.903 bits per heavy atom. The molecule has 2 aromatic carbocycles. The number of ether oxygens (including phenoxy) is 1. The molecule has 0 radical (unpaired) electrons. The van der Waals surface area contributed by atoms with Crippen LogP contribution in [0.2, 0.25) is 0 Å². The molecule has 2 saturated heterocycles. The van der Waals surface area contributed by atoms with Gasteiger partial charge in [0.2, 0.25) is 0 Å². The molecule has 1 atom stereocenters. The summed E-state index contributed by atoms with van der Waals surface area (Å²) in [5.41, 5.74) is 3.50. The van der Waals surface area contributed by atoms with E-state index in [-0.39, 0.29) is 0 Å². The van der Waals surface area contributed by atoms with Gasteiger partial charge in [-0.1, -0.05) is 36.4 Å². The number of hydrogen-bond acceptors (Lipinski definition) is 5. The van der Waals surface area contributed by atoms with Gasteiger partial charge in [0.25, 0.3) is 0 Å². The minimum Gasteiger partial charge on any atom is -0.495 e. The molecule has 31 heavy (non-hydrogen) atoms. The summed E-state index contributed by atoms with van der Waals surface area (Å²) in [7, 11) is 1.76. The summed E-state index contributed by atoms with van der Waals surface area (Å²) < 4.78 is 5.57. The van der Waals surface area contributed by atoms with E-state index in [2.05, 4.69) is 69.3 Å². The van der Waals surface area contributed by atoms with E-state index < -0.39 is 0 Å². The van der Waals surface area contributed by atoms with Crippen LogP contribution < -0.4 is 9.64 Å². The van der Waals surface area contributed by atoms with Crippen molar-refractivity contribution in [2.45, 2.75) is 25.4 Å². The fourth-order valence-electron chi connectivity index (χ4n) is 5.12. The lowest BCUT2D eigenvalue weighted by Crippen LogP contribution is -2.55. The Kier molecular flexibility index (Phi) is 6.05. The molecular weight excluding hydrogens is 384 g/mol. The minimum absolute atomic E-state index is 0.647. The van der Waals surface area contributed by atoms with Crippen LogP contribution in [0.15, 0.2) is 60.7 Å². The maximum absolute atomic E-state index is 5.57. The van der Waals surface area contributed by atoms with Crippen molar-refractivity contribution < 1.29 is 4.74 Å². The van der Waals surface area contributed by atoms with E-state index in [4.69, 9.17) is 9.72 Å². The highest BCUT2D eigenvalue weighted by Crippen LogP contribution is 2.29. The first-order valence-corrected chi connectivity index (χ1v) is 11.5. The van der Waals surface area contributed by atoms with E-state index >= 15 is 0 Å². The molecule has 0 N–H and O–H groups in total. The first-order chi connectivity index (χ1) is 15.3.